The number of hydrogen-bond acceptors (Lipinski definition) is 4. The lowest BCUT2D eigenvalue weighted by atomic mass is 9.84. The summed E-state index contributed by atoms with van der Waals surface area (Å²) < 4.78 is 20.6. The molecule has 0 aromatic heterocycles. The Morgan fingerprint density at radius 1 is 1.00 bits per heavy atom. The van der Waals surface area contributed by atoms with Crippen LogP contribution in [0, 0.1) is 19.7 Å². The Kier molecular flexibility index (Phi) is 8.85. The van der Waals surface area contributed by atoms with Gasteiger partial charge in [0.05, 0.1) is 12.1 Å². The van der Waals surface area contributed by atoms with Crippen LogP contribution in [-0.2, 0) is 5.60 Å². The van der Waals surface area contributed by atoms with Gasteiger partial charge in [0.2, 0.25) is 0 Å². The van der Waals surface area contributed by atoms with E-state index in [9.17, 15) is 14.3 Å². The van der Waals surface area contributed by atoms with Crippen molar-refractivity contribution >= 4 is 14.1 Å². The minimum atomic E-state index is -2.09. The normalized spacial score (nSPS) is 16.7. The summed E-state index contributed by atoms with van der Waals surface area (Å²) in [5.74, 6) is 0.648. The maximum atomic E-state index is 13.7. The van der Waals surface area contributed by atoms with Crippen molar-refractivity contribution in [3.8, 4) is 5.75 Å². The van der Waals surface area contributed by atoms with Crippen LogP contribution in [0.1, 0.15) is 81.4 Å². The molecule has 0 radical (unpaired) electrons. The first kappa shape index (κ1) is 28.5. The van der Waals surface area contributed by atoms with Crippen molar-refractivity contribution < 1.29 is 18.7 Å². The first-order valence-electron chi connectivity index (χ1n) is 13.3. The fourth-order valence-corrected chi connectivity index (χ4v) is 11.5. The van der Waals surface area contributed by atoms with Crippen LogP contribution in [0.3, 0.4) is 0 Å². The molecule has 0 bridgehead atoms. The van der Waals surface area contributed by atoms with E-state index in [-0.39, 0.29) is 11.6 Å². The van der Waals surface area contributed by atoms with Gasteiger partial charge in [-0.15, -0.1) is 0 Å². The van der Waals surface area contributed by atoms with Gasteiger partial charge in [-0.25, -0.2) is 4.39 Å². The molecule has 36 heavy (non-hydrogen) atoms. The predicted molar refractivity (Wildman–Crippen MR) is 148 cm³/mol. The summed E-state index contributed by atoms with van der Waals surface area (Å²) in [6, 6.07) is 10.2. The van der Waals surface area contributed by atoms with Crippen LogP contribution < -0.4 is 4.43 Å². The molecule has 1 heterocycles. The number of halogens is 1. The first-order valence-corrected chi connectivity index (χ1v) is 15.5. The van der Waals surface area contributed by atoms with Crippen LogP contribution in [0.4, 0.5) is 4.39 Å². The third-order valence-electron chi connectivity index (χ3n) is 8.23. The van der Waals surface area contributed by atoms with E-state index in [1.54, 1.807) is 12.1 Å². The molecule has 2 aromatic carbocycles. The van der Waals surface area contributed by atoms with Crippen molar-refractivity contribution in [1.82, 2.24) is 4.90 Å². The number of carbonyl (C=O) groups is 1. The Balaban J connectivity index is 1.72. The molecule has 0 atom stereocenters. The number of aryl methyl sites for hydroxylation is 2. The molecule has 1 N–H and O–H groups in total. The number of benzene rings is 2. The Bertz CT molecular complexity index is 1050. The SMILES string of the molecule is Cc1cc(C(=O)CN2CCC(O)(c3cccc(F)c3)CC2)c(C)cc1O[Si](C(C)C)(C(C)C)C(C)C. The topological polar surface area (TPSA) is 49.8 Å². The van der Waals surface area contributed by atoms with Gasteiger partial charge < -0.3 is 9.53 Å². The number of hydrogen-bond donors (Lipinski definition) is 1. The van der Waals surface area contributed by atoms with Crippen LogP contribution in [0.5, 0.6) is 5.75 Å². The van der Waals surface area contributed by atoms with E-state index in [4.69, 9.17) is 4.43 Å². The molecule has 198 valence electrons. The highest BCUT2D eigenvalue weighted by Gasteiger charge is 2.47. The quantitative estimate of drug-likeness (QED) is 0.285. The zero-order chi connectivity index (χ0) is 26.8. The number of piperidine rings is 1. The molecule has 0 unspecified atom stereocenters. The second-order valence-electron chi connectivity index (χ2n) is 11.6. The molecule has 1 aliphatic heterocycles. The average molecular weight is 514 g/mol. The highest BCUT2D eigenvalue weighted by atomic mass is 28.4. The third kappa shape index (κ3) is 5.76. The molecule has 1 fully saturated rings. The van der Waals surface area contributed by atoms with Crippen molar-refractivity contribution in [3.05, 3.63) is 64.5 Å². The molecule has 0 saturated carbocycles. The van der Waals surface area contributed by atoms with E-state index in [1.165, 1.54) is 12.1 Å². The van der Waals surface area contributed by atoms with Crippen molar-refractivity contribution in [3.63, 3.8) is 0 Å². The molecule has 1 saturated heterocycles. The van der Waals surface area contributed by atoms with Crippen molar-refractivity contribution in [1.29, 1.82) is 0 Å². The molecule has 0 amide bonds. The third-order valence-corrected chi connectivity index (χ3v) is 14.2. The number of nitrogens with zero attached hydrogens (tertiary/aromatic N) is 1. The van der Waals surface area contributed by atoms with Crippen molar-refractivity contribution in [2.24, 2.45) is 0 Å². The minimum absolute atomic E-state index is 0.0819. The largest absolute Gasteiger partial charge is 0.543 e. The molecule has 4 nitrogen and oxygen atoms in total. The van der Waals surface area contributed by atoms with Gasteiger partial charge in [-0.3, -0.25) is 9.69 Å². The fourth-order valence-electron chi connectivity index (χ4n) is 6.18. The Labute approximate surface area is 218 Å². The van der Waals surface area contributed by atoms with Crippen LogP contribution in [0.15, 0.2) is 36.4 Å². The van der Waals surface area contributed by atoms with Gasteiger partial charge >= 0.3 is 0 Å². The summed E-state index contributed by atoms with van der Waals surface area (Å²) in [6.07, 6.45) is 0.946. The summed E-state index contributed by atoms with van der Waals surface area (Å²) in [4.78, 5) is 15.4. The lowest BCUT2D eigenvalue weighted by Gasteiger charge is -2.42. The minimum Gasteiger partial charge on any atom is -0.543 e. The van der Waals surface area contributed by atoms with Crippen molar-refractivity contribution in [2.75, 3.05) is 19.6 Å². The monoisotopic (exact) mass is 513 g/mol. The smallest absolute Gasteiger partial charge is 0.258 e. The molecule has 0 spiro atoms. The average Bonchev–Trinajstić information content (AvgIpc) is 2.80. The van der Waals surface area contributed by atoms with Crippen LogP contribution >= 0.6 is 0 Å². The van der Waals surface area contributed by atoms with Crippen LogP contribution in [0.25, 0.3) is 0 Å². The number of rotatable bonds is 9. The zero-order valence-electron chi connectivity index (χ0n) is 23.3. The van der Waals surface area contributed by atoms with E-state index in [1.807, 2.05) is 19.9 Å². The molecule has 3 rings (SSSR count). The van der Waals surface area contributed by atoms with E-state index >= 15 is 0 Å². The van der Waals surface area contributed by atoms with Gasteiger partial charge in [-0.05, 0) is 84.3 Å². The lowest BCUT2D eigenvalue weighted by molar-refractivity contribution is -0.0247. The standard InChI is InChI=1S/C30H44FNO3Si/c1-20(2)36(21(3)4,22(5)6)35-29-17-23(7)27(16-24(29)8)28(33)19-32-14-12-30(34,13-15-32)25-10-9-11-26(31)18-25/h9-11,16-18,20-22,34H,12-15,19H2,1-8H3. The van der Waals surface area contributed by atoms with Gasteiger partial charge in [0.25, 0.3) is 8.32 Å². The fraction of sp³-hybridized carbons (Fsp3) is 0.567. The predicted octanol–water partition coefficient (Wildman–Crippen LogP) is 7.16. The Morgan fingerprint density at radius 2 is 1.58 bits per heavy atom. The highest BCUT2D eigenvalue weighted by molar-refractivity contribution is 6.78. The first-order chi connectivity index (χ1) is 16.8. The second kappa shape index (κ2) is 11.2. The maximum absolute atomic E-state index is 13.7. The second-order valence-corrected chi connectivity index (χ2v) is 17.0. The summed E-state index contributed by atoms with van der Waals surface area (Å²) in [5, 5.41) is 11.1. The lowest BCUT2D eigenvalue weighted by Crippen LogP contribution is -2.50. The van der Waals surface area contributed by atoms with Gasteiger partial charge in [-0.2, -0.15) is 0 Å². The molecule has 0 aliphatic carbocycles. The van der Waals surface area contributed by atoms with E-state index in [2.05, 4.69) is 52.5 Å². The van der Waals surface area contributed by atoms with Crippen LogP contribution in [-0.4, -0.2) is 43.7 Å². The molecule has 2 aromatic rings. The van der Waals surface area contributed by atoms with E-state index < -0.39 is 13.9 Å². The maximum Gasteiger partial charge on any atom is 0.258 e. The Morgan fingerprint density at radius 3 is 2.11 bits per heavy atom. The molecule has 1 aliphatic rings. The van der Waals surface area contributed by atoms with E-state index in [0.29, 0.717) is 54.7 Å². The van der Waals surface area contributed by atoms with Gasteiger partial charge in [0, 0.05) is 18.7 Å². The summed E-state index contributed by atoms with van der Waals surface area (Å²) in [6.45, 7) is 19.2. The van der Waals surface area contributed by atoms with E-state index in [0.717, 1.165) is 22.4 Å². The number of Topliss-reactive ketones (excluding diaryl/α,β-unsaturated/α-hetero) is 1. The Hall–Kier alpha value is -2.02. The van der Waals surface area contributed by atoms with Gasteiger partial charge in [0.1, 0.15) is 11.6 Å². The summed E-state index contributed by atoms with van der Waals surface area (Å²) in [5.41, 5.74) is 3.66. The zero-order valence-corrected chi connectivity index (χ0v) is 24.3. The van der Waals surface area contributed by atoms with Gasteiger partial charge in [-0.1, -0.05) is 53.7 Å². The molecular weight excluding hydrogens is 469 g/mol. The van der Waals surface area contributed by atoms with Gasteiger partial charge in [0.15, 0.2) is 5.78 Å². The summed E-state index contributed by atoms with van der Waals surface area (Å²) >= 11 is 0. The molecular formula is C30H44FNO3Si. The van der Waals surface area contributed by atoms with Crippen molar-refractivity contribution in [2.45, 2.75) is 90.5 Å². The highest BCUT2D eigenvalue weighted by Crippen LogP contribution is 2.43. The van der Waals surface area contributed by atoms with Crippen LogP contribution in [0.2, 0.25) is 16.6 Å². The summed E-state index contributed by atoms with van der Waals surface area (Å²) in [7, 11) is -2.09. The number of likely N-dealkylation sites (tertiary alicyclic amines) is 1. The number of ketones is 1. The number of carbonyl (C=O) groups excluding carboxylic acids is 1. The number of aliphatic hydroxyl groups is 1. The molecule has 6 heteroatoms.